The van der Waals surface area contributed by atoms with E-state index in [0.717, 1.165) is 22.4 Å². The summed E-state index contributed by atoms with van der Waals surface area (Å²) in [6.07, 6.45) is 3.68. The van der Waals surface area contributed by atoms with Crippen molar-refractivity contribution >= 4 is 22.6 Å². The van der Waals surface area contributed by atoms with Crippen LogP contribution in [0.4, 0.5) is 5.69 Å². The van der Waals surface area contributed by atoms with E-state index < -0.39 is 0 Å². The molecule has 0 spiro atoms. The number of anilines is 1. The van der Waals surface area contributed by atoms with Gasteiger partial charge < -0.3 is 5.32 Å². The van der Waals surface area contributed by atoms with E-state index in [4.69, 9.17) is 5.26 Å². The maximum absolute atomic E-state index is 8.64. The summed E-state index contributed by atoms with van der Waals surface area (Å²) in [4.78, 5) is 3.73. The Hall–Kier alpha value is -1.91. The van der Waals surface area contributed by atoms with Crippen LogP contribution in [0.25, 0.3) is 0 Å². The predicted octanol–water partition coefficient (Wildman–Crippen LogP) is 4.31. The molecule has 0 aliphatic rings. The molecular weight excluding hydrogens is 278 g/mol. The van der Waals surface area contributed by atoms with E-state index in [-0.39, 0.29) is 5.41 Å². The third-order valence-electron chi connectivity index (χ3n) is 2.69. The highest BCUT2D eigenvalue weighted by Gasteiger charge is 2.07. The highest BCUT2D eigenvalue weighted by molar-refractivity contribution is 8.13. The fourth-order valence-electron chi connectivity index (χ4n) is 1.78. The highest BCUT2D eigenvalue weighted by atomic mass is 32.2. The molecule has 0 unspecified atom stereocenters. The SMILES string of the molecule is CS/C(=N\C#N)Nc1cc(C)c(C#CC(C)(C)C)c(C)c1. The lowest BCUT2D eigenvalue weighted by molar-refractivity contribution is 0.571. The molecule has 1 rings (SSSR count). The molecule has 0 saturated heterocycles. The molecule has 0 saturated carbocycles. The maximum Gasteiger partial charge on any atom is 0.208 e. The Bertz CT molecular complexity index is 626. The third-order valence-corrected chi connectivity index (χ3v) is 3.27. The van der Waals surface area contributed by atoms with E-state index in [1.807, 2.05) is 32.2 Å². The van der Waals surface area contributed by atoms with Gasteiger partial charge in [-0.05, 0) is 64.1 Å². The molecule has 0 aromatic heterocycles. The first kappa shape index (κ1) is 17.1. The standard InChI is InChI=1S/C17H21N3S/c1-12-9-14(20-16(21-6)19-11-18)10-13(2)15(12)7-8-17(3,4)5/h9-10H,1-6H3,(H,19,20). The molecule has 1 N–H and O–H groups in total. The summed E-state index contributed by atoms with van der Waals surface area (Å²) in [5.74, 6) is 6.55. The van der Waals surface area contributed by atoms with E-state index >= 15 is 0 Å². The number of nitriles is 1. The molecule has 0 aliphatic carbocycles. The number of nitrogens with one attached hydrogen (secondary N) is 1. The topological polar surface area (TPSA) is 48.2 Å². The van der Waals surface area contributed by atoms with E-state index in [2.05, 4.69) is 42.9 Å². The summed E-state index contributed by atoms with van der Waals surface area (Å²) in [5, 5.41) is 12.4. The number of nitrogens with zero attached hydrogens (tertiary/aromatic N) is 2. The van der Waals surface area contributed by atoms with Crippen molar-refractivity contribution in [2.45, 2.75) is 34.6 Å². The normalized spacial score (nSPS) is 11.4. The third kappa shape index (κ3) is 5.53. The van der Waals surface area contributed by atoms with Crippen molar-refractivity contribution in [3.8, 4) is 18.0 Å². The zero-order valence-electron chi connectivity index (χ0n) is 13.5. The first-order valence-corrected chi connectivity index (χ1v) is 7.91. The van der Waals surface area contributed by atoms with Gasteiger partial charge in [-0.3, -0.25) is 0 Å². The second kappa shape index (κ2) is 7.20. The van der Waals surface area contributed by atoms with Crippen LogP contribution in [0, 0.1) is 42.6 Å². The monoisotopic (exact) mass is 299 g/mol. The van der Waals surface area contributed by atoms with Gasteiger partial charge in [0.2, 0.25) is 6.19 Å². The number of benzene rings is 1. The molecule has 0 heterocycles. The minimum atomic E-state index is -0.0126. The van der Waals surface area contributed by atoms with Crippen molar-refractivity contribution < 1.29 is 0 Å². The molecule has 0 fully saturated rings. The highest BCUT2D eigenvalue weighted by Crippen LogP contribution is 2.21. The molecule has 0 amide bonds. The summed E-state index contributed by atoms with van der Waals surface area (Å²) in [5.41, 5.74) is 4.22. The summed E-state index contributed by atoms with van der Waals surface area (Å²) in [6.45, 7) is 10.4. The zero-order valence-corrected chi connectivity index (χ0v) is 14.3. The van der Waals surface area contributed by atoms with Gasteiger partial charge in [0, 0.05) is 16.7 Å². The van der Waals surface area contributed by atoms with Gasteiger partial charge in [-0.15, -0.1) is 4.99 Å². The number of thioether (sulfide) groups is 1. The summed E-state index contributed by atoms with van der Waals surface area (Å²) in [6, 6.07) is 4.06. The Morgan fingerprint density at radius 2 is 1.81 bits per heavy atom. The molecule has 3 nitrogen and oxygen atoms in total. The summed E-state index contributed by atoms with van der Waals surface area (Å²) < 4.78 is 0. The Morgan fingerprint density at radius 3 is 2.24 bits per heavy atom. The number of rotatable bonds is 1. The van der Waals surface area contributed by atoms with Crippen LogP contribution in [0.5, 0.6) is 0 Å². The fourth-order valence-corrected chi connectivity index (χ4v) is 2.13. The number of aryl methyl sites for hydroxylation is 2. The first-order chi connectivity index (χ1) is 9.76. The van der Waals surface area contributed by atoms with Gasteiger partial charge in [0.25, 0.3) is 0 Å². The number of amidine groups is 1. The largest absolute Gasteiger partial charge is 0.334 e. The second-order valence-corrected chi connectivity index (χ2v) is 6.63. The lowest BCUT2D eigenvalue weighted by Gasteiger charge is -2.12. The number of hydrogen-bond donors (Lipinski definition) is 1. The van der Waals surface area contributed by atoms with E-state index in [9.17, 15) is 0 Å². The van der Waals surface area contributed by atoms with Gasteiger partial charge in [0.1, 0.15) is 0 Å². The molecular formula is C17H21N3S. The lowest BCUT2D eigenvalue weighted by Crippen LogP contribution is -2.07. The van der Waals surface area contributed by atoms with Crippen LogP contribution in [-0.2, 0) is 0 Å². The molecule has 0 atom stereocenters. The van der Waals surface area contributed by atoms with E-state index in [0.29, 0.717) is 5.17 Å². The van der Waals surface area contributed by atoms with E-state index in [1.165, 1.54) is 11.8 Å². The van der Waals surface area contributed by atoms with Crippen LogP contribution in [0.1, 0.15) is 37.5 Å². The molecule has 4 heteroatoms. The number of aliphatic imine (C=N–C) groups is 1. The predicted molar refractivity (Wildman–Crippen MR) is 92.4 cm³/mol. The molecule has 1 aromatic rings. The Balaban J connectivity index is 3.13. The average Bonchev–Trinajstić information content (AvgIpc) is 2.35. The molecule has 0 radical (unpaired) electrons. The van der Waals surface area contributed by atoms with Gasteiger partial charge in [0.05, 0.1) is 0 Å². The molecule has 1 aromatic carbocycles. The minimum absolute atomic E-state index is 0.0126. The molecule has 110 valence electrons. The van der Waals surface area contributed by atoms with Gasteiger partial charge in [-0.2, -0.15) is 5.26 Å². The van der Waals surface area contributed by atoms with Crippen molar-refractivity contribution in [3.05, 3.63) is 28.8 Å². The van der Waals surface area contributed by atoms with Gasteiger partial charge in [-0.25, -0.2) is 0 Å². The van der Waals surface area contributed by atoms with Crippen LogP contribution in [-0.4, -0.2) is 11.4 Å². The molecule has 0 aliphatic heterocycles. The molecule has 0 bridgehead atoms. The smallest absolute Gasteiger partial charge is 0.208 e. The Morgan fingerprint density at radius 1 is 1.24 bits per heavy atom. The Labute approximate surface area is 131 Å². The summed E-state index contributed by atoms with van der Waals surface area (Å²) in [7, 11) is 0. The number of hydrogen-bond acceptors (Lipinski definition) is 3. The van der Waals surface area contributed by atoms with E-state index in [1.54, 1.807) is 6.19 Å². The van der Waals surface area contributed by atoms with Crippen molar-refractivity contribution in [2.24, 2.45) is 10.4 Å². The van der Waals surface area contributed by atoms with Crippen LogP contribution in [0.15, 0.2) is 17.1 Å². The first-order valence-electron chi connectivity index (χ1n) is 6.69. The van der Waals surface area contributed by atoms with Gasteiger partial charge in [0.15, 0.2) is 5.17 Å². The van der Waals surface area contributed by atoms with Crippen molar-refractivity contribution in [1.82, 2.24) is 0 Å². The average molecular weight is 299 g/mol. The Kier molecular flexibility index (Phi) is 5.88. The quantitative estimate of drug-likeness (QED) is 0.364. The van der Waals surface area contributed by atoms with Crippen molar-refractivity contribution in [2.75, 3.05) is 11.6 Å². The maximum atomic E-state index is 8.64. The lowest BCUT2D eigenvalue weighted by atomic mass is 9.95. The van der Waals surface area contributed by atoms with Crippen LogP contribution in [0.2, 0.25) is 0 Å². The van der Waals surface area contributed by atoms with Crippen molar-refractivity contribution in [3.63, 3.8) is 0 Å². The van der Waals surface area contributed by atoms with Gasteiger partial charge in [-0.1, -0.05) is 23.6 Å². The van der Waals surface area contributed by atoms with Crippen LogP contribution < -0.4 is 5.32 Å². The minimum Gasteiger partial charge on any atom is -0.334 e. The fraction of sp³-hybridized carbons (Fsp3) is 0.412. The molecule has 21 heavy (non-hydrogen) atoms. The zero-order chi connectivity index (χ0) is 16.0. The van der Waals surface area contributed by atoms with Crippen LogP contribution in [0.3, 0.4) is 0 Å². The summed E-state index contributed by atoms with van der Waals surface area (Å²) >= 11 is 1.41. The van der Waals surface area contributed by atoms with Crippen LogP contribution >= 0.6 is 11.8 Å². The van der Waals surface area contributed by atoms with Crippen molar-refractivity contribution in [1.29, 1.82) is 5.26 Å². The second-order valence-electron chi connectivity index (χ2n) is 5.83. The van der Waals surface area contributed by atoms with Gasteiger partial charge >= 0.3 is 0 Å².